The van der Waals surface area contributed by atoms with E-state index in [9.17, 15) is 5.26 Å². The molecule has 0 aromatic heterocycles. The molecule has 0 bridgehead atoms. The Bertz CT molecular complexity index is 430. The van der Waals surface area contributed by atoms with Crippen LogP contribution in [0.1, 0.15) is 43.4 Å². The summed E-state index contributed by atoms with van der Waals surface area (Å²) >= 11 is 0. The highest BCUT2D eigenvalue weighted by Gasteiger charge is 2.23. The van der Waals surface area contributed by atoms with Crippen LogP contribution in [-0.2, 0) is 0 Å². The van der Waals surface area contributed by atoms with Crippen molar-refractivity contribution in [1.29, 1.82) is 5.26 Å². The summed E-state index contributed by atoms with van der Waals surface area (Å²) in [5.41, 5.74) is 2.04. The number of benzene rings is 1. The van der Waals surface area contributed by atoms with Gasteiger partial charge in [-0.2, -0.15) is 5.26 Å². The Morgan fingerprint density at radius 3 is 2.74 bits per heavy atom. The van der Waals surface area contributed by atoms with Gasteiger partial charge in [-0.05, 0) is 18.1 Å². The van der Waals surface area contributed by atoms with Gasteiger partial charge in [0.1, 0.15) is 0 Å². The summed E-state index contributed by atoms with van der Waals surface area (Å²) < 4.78 is 0. The average molecular weight is 257 g/mol. The standard InChI is InChI=1S/C16H23N3/c1-2-3-8-16(19-11-9-18-10-12-19)15-7-5-4-6-14(15)13-17/h4-7,16,18H,2-3,8-12H2,1H3/t16-/m1/s1. The Kier molecular flexibility index (Phi) is 5.38. The zero-order chi connectivity index (χ0) is 13.5. The van der Waals surface area contributed by atoms with E-state index in [2.05, 4.69) is 35.3 Å². The van der Waals surface area contributed by atoms with Crippen LogP contribution in [0.3, 0.4) is 0 Å². The third kappa shape index (κ3) is 3.56. The molecule has 0 spiro atoms. The normalized spacial score (nSPS) is 17.9. The molecule has 0 amide bonds. The van der Waals surface area contributed by atoms with E-state index in [1.807, 2.05) is 12.1 Å². The van der Waals surface area contributed by atoms with E-state index in [4.69, 9.17) is 0 Å². The van der Waals surface area contributed by atoms with E-state index in [1.54, 1.807) is 0 Å². The highest BCUT2D eigenvalue weighted by molar-refractivity contribution is 5.39. The third-order valence-corrected chi connectivity index (χ3v) is 3.86. The Balaban J connectivity index is 2.23. The molecule has 3 heteroatoms. The molecular weight excluding hydrogens is 234 g/mol. The van der Waals surface area contributed by atoms with Gasteiger partial charge in [0.15, 0.2) is 0 Å². The molecule has 1 fully saturated rings. The van der Waals surface area contributed by atoms with E-state index >= 15 is 0 Å². The van der Waals surface area contributed by atoms with Crippen LogP contribution in [0, 0.1) is 11.3 Å². The van der Waals surface area contributed by atoms with Crippen molar-refractivity contribution in [1.82, 2.24) is 10.2 Å². The van der Waals surface area contributed by atoms with Crippen molar-refractivity contribution in [2.75, 3.05) is 26.2 Å². The van der Waals surface area contributed by atoms with E-state index in [-0.39, 0.29) is 0 Å². The summed E-state index contributed by atoms with van der Waals surface area (Å²) in [6.45, 7) is 6.49. The summed E-state index contributed by atoms with van der Waals surface area (Å²) in [4.78, 5) is 2.53. The van der Waals surface area contributed by atoms with Gasteiger partial charge in [0, 0.05) is 32.2 Å². The monoisotopic (exact) mass is 257 g/mol. The quantitative estimate of drug-likeness (QED) is 0.881. The van der Waals surface area contributed by atoms with Crippen LogP contribution in [0.15, 0.2) is 24.3 Å². The number of unbranched alkanes of at least 4 members (excludes halogenated alkanes) is 1. The van der Waals surface area contributed by atoms with Gasteiger partial charge in [0.2, 0.25) is 0 Å². The maximum absolute atomic E-state index is 9.31. The summed E-state index contributed by atoms with van der Waals surface area (Å²) in [5, 5.41) is 12.7. The molecule has 0 aliphatic carbocycles. The predicted molar refractivity (Wildman–Crippen MR) is 77.9 cm³/mol. The number of piperazine rings is 1. The average Bonchev–Trinajstić information content (AvgIpc) is 2.49. The van der Waals surface area contributed by atoms with Crippen molar-refractivity contribution in [3.05, 3.63) is 35.4 Å². The van der Waals surface area contributed by atoms with E-state index in [0.717, 1.165) is 38.2 Å². The van der Waals surface area contributed by atoms with Crippen LogP contribution in [0.5, 0.6) is 0 Å². The minimum atomic E-state index is 0.401. The molecule has 19 heavy (non-hydrogen) atoms. The minimum absolute atomic E-state index is 0.401. The van der Waals surface area contributed by atoms with E-state index in [0.29, 0.717) is 6.04 Å². The number of rotatable bonds is 5. The van der Waals surface area contributed by atoms with Crippen LogP contribution < -0.4 is 5.32 Å². The molecule has 0 saturated carbocycles. The zero-order valence-electron chi connectivity index (χ0n) is 11.7. The topological polar surface area (TPSA) is 39.1 Å². The second-order valence-corrected chi connectivity index (χ2v) is 5.14. The number of nitrogens with zero attached hydrogens (tertiary/aromatic N) is 2. The van der Waals surface area contributed by atoms with Crippen LogP contribution in [0.2, 0.25) is 0 Å². The van der Waals surface area contributed by atoms with E-state index < -0.39 is 0 Å². The van der Waals surface area contributed by atoms with Crippen LogP contribution >= 0.6 is 0 Å². The van der Waals surface area contributed by atoms with Gasteiger partial charge in [0.25, 0.3) is 0 Å². The van der Waals surface area contributed by atoms with Crippen molar-refractivity contribution >= 4 is 0 Å². The number of nitrogens with one attached hydrogen (secondary N) is 1. The molecule has 0 unspecified atom stereocenters. The zero-order valence-corrected chi connectivity index (χ0v) is 11.7. The highest BCUT2D eigenvalue weighted by atomic mass is 15.2. The van der Waals surface area contributed by atoms with Crippen molar-refractivity contribution in [2.24, 2.45) is 0 Å². The summed E-state index contributed by atoms with van der Waals surface area (Å²) in [6.07, 6.45) is 3.57. The van der Waals surface area contributed by atoms with Crippen LogP contribution in [-0.4, -0.2) is 31.1 Å². The van der Waals surface area contributed by atoms with Gasteiger partial charge in [0.05, 0.1) is 11.6 Å². The molecule has 1 saturated heterocycles. The first-order valence-electron chi connectivity index (χ1n) is 7.30. The number of nitriles is 1. The highest BCUT2D eigenvalue weighted by Crippen LogP contribution is 2.29. The Morgan fingerprint density at radius 2 is 2.05 bits per heavy atom. The first-order chi connectivity index (χ1) is 9.36. The predicted octanol–water partition coefficient (Wildman–Crippen LogP) is 2.69. The van der Waals surface area contributed by atoms with Crippen LogP contribution in [0.4, 0.5) is 0 Å². The summed E-state index contributed by atoms with van der Waals surface area (Å²) in [6, 6.07) is 10.8. The van der Waals surface area contributed by atoms with Gasteiger partial charge in [-0.3, -0.25) is 4.90 Å². The van der Waals surface area contributed by atoms with E-state index in [1.165, 1.54) is 18.4 Å². The van der Waals surface area contributed by atoms with Gasteiger partial charge in [-0.15, -0.1) is 0 Å². The fraction of sp³-hybridized carbons (Fsp3) is 0.562. The maximum Gasteiger partial charge on any atom is 0.0995 e. The molecule has 1 aliphatic rings. The van der Waals surface area contributed by atoms with Crippen molar-refractivity contribution in [3.8, 4) is 6.07 Å². The largest absolute Gasteiger partial charge is 0.314 e. The molecule has 1 N–H and O–H groups in total. The SMILES string of the molecule is CCCC[C@H](c1ccccc1C#N)N1CCNCC1. The molecule has 2 rings (SSSR count). The fourth-order valence-corrected chi connectivity index (χ4v) is 2.82. The first kappa shape index (κ1) is 14.0. The van der Waals surface area contributed by atoms with Crippen molar-refractivity contribution < 1.29 is 0 Å². The second kappa shape index (κ2) is 7.28. The fourth-order valence-electron chi connectivity index (χ4n) is 2.82. The van der Waals surface area contributed by atoms with Gasteiger partial charge < -0.3 is 5.32 Å². The molecular formula is C16H23N3. The lowest BCUT2D eigenvalue weighted by molar-refractivity contribution is 0.163. The third-order valence-electron chi connectivity index (χ3n) is 3.86. The number of hydrogen-bond donors (Lipinski definition) is 1. The molecule has 0 radical (unpaired) electrons. The number of hydrogen-bond acceptors (Lipinski definition) is 3. The molecule has 1 aromatic rings. The summed E-state index contributed by atoms with van der Waals surface area (Å²) in [5.74, 6) is 0. The minimum Gasteiger partial charge on any atom is -0.314 e. The Labute approximate surface area is 116 Å². The molecule has 3 nitrogen and oxygen atoms in total. The lowest BCUT2D eigenvalue weighted by Crippen LogP contribution is -2.45. The lowest BCUT2D eigenvalue weighted by Gasteiger charge is -2.35. The molecule has 1 heterocycles. The Morgan fingerprint density at radius 1 is 1.32 bits per heavy atom. The van der Waals surface area contributed by atoms with Gasteiger partial charge in [-0.25, -0.2) is 0 Å². The summed E-state index contributed by atoms with van der Waals surface area (Å²) in [7, 11) is 0. The maximum atomic E-state index is 9.31. The van der Waals surface area contributed by atoms with Crippen molar-refractivity contribution in [3.63, 3.8) is 0 Å². The second-order valence-electron chi connectivity index (χ2n) is 5.14. The lowest BCUT2D eigenvalue weighted by atomic mass is 9.95. The Hall–Kier alpha value is -1.37. The van der Waals surface area contributed by atoms with Crippen molar-refractivity contribution in [2.45, 2.75) is 32.2 Å². The molecule has 102 valence electrons. The smallest absolute Gasteiger partial charge is 0.0995 e. The van der Waals surface area contributed by atoms with Gasteiger partial charge >= 0.3 is 0 Å². The first-order valence-corrected chi connectivity index (χ1v) is 7.30. The molecule has 1 atom stereocenters. The van der Waals surface area contributed by atoms with Crippen LogP contribution in [0.25, 0.3) is 0 Å². The van der Waals surface area contributed by atoms with Gasteiger partial charge in [-0.1, -0.05) is 38.0 Å². The molecule has 1 aromatic carbocycles. The molecule has 1 aliphatic heterocycles.